The summed E-state index contributed by atoms with van der Waals surface area (Å²) in [5.74, 6) is -0.209. The molecule has 2 rings (SSSR count). The first-order chi connectivity index (χ1) is 8.69. The molecule has 1 heterocycles. The molecule has 1 amide bonds. The van der Waals surface area contributed by atoms with Gasteiger partial charge in [0.1, 0.15) is 5.69 Å². The van der Waals surface area contributed by atoms with Gasteiger partial charge in [0.05, 0.1) is 25.0 Å². The second-order valence-electron chi connectivity index (χ2n) is 3.62. The molecule has 0 saturated carbocycles. The second kappa shape index (κ2) is 5.91. The normalized spacial score (nSPS) is 10.3. The van der Waals surface area contributed by atoms with E-state index in [9.17, 15) is 4.79 Å². The molecule has 6 nitrogen and oxygen atoms in total. The van der Waals surface area contributed by atoms with E-state index >= 15 is 0 Å². The van der Waals surface area contributed by atoms with Crippen LogP contribution < -0.4 is 11.1 Å². The third-order valence-corrected chi connectivity index (χ3v) is 2.94. The monoisotopic (exact) mass is 357 g/mol. The lowest BCUT2D eigenvalue weighted by Gasteiger charge is -2.00. The van der Waals surface area contributed by atoms with Crippen LogP contribution in [0.15, 0.2) is 30.5 Å². The predicted octanol–water partition coefficient (Wildman–Crippen LogP) is 0.447. The van der Waals surface area contributed by atoms with E-state index in [-0.39, 0.29) is 12.5 Å². The minimum absolute atomic E-state index is 0.0228. The molecule has 0 atom stereocenters. The van der Waals surface area contributed by atoms with E-state index in [0.29, 0.717) is 12.2 Å². The van der Waals surface area contributed by atoms with Crippen LogP contribution in [0.3, 0.4) is 0 Å². The molecule has 0 saturated heterocycles. The van der Waals surface area contributed by atoms with Gasteiger partial charge in [-0.25, -0.2) is 4.68 Å². The number of amides is 1. The van der Waals surface area contributed by atoms with Crippen LogP contribution in [0.1, 0.15) is 5.69 Å². The largest absolute Gasteiger partial charge is 0.349 e. The molecule has 2 aromatic rings. The van der Waals surface area contributed by atoms with Crippen molar-refractivity contribution in [2.45, 2.75) is 6.54 Å². The number of carbonyl (C=O) groups is 1. The number of carbonyl (C=O) groups excluding carboxylic acids is 1. The van der Waals surface area contributed by atoms with E-state index < -0.39 is 0 Å². The minimum Gasteiger partial charge on any atom is -0.349 e. The number of nitrogens with zero attached hydrogens (tertiary/aromatic N) is 3. The molecule has 0 bridgehead atoms. The summed E-state index contributed by atoms with van der Waals surface area (Å²) in [6, 6.07) is 7.90. The molecule has 18 heavy (non-hydrogen) atoms. The van der Waals surface area contributed by atoms with Crippen LogP contribution in [0, 0.1) is 3.57 Å². The topological polar surface area (TPSA) is 85.8 Å². The van der Waals surface area contributed by atoms with E-state index in [0.717, 1.165) is 9.26 Å². The van der Waals surface area contributed by atoms with Gasteiger partial charge in [0.2, 0.25) is 5.91 Å². The summed E-state index contributed by atoms with van der Waals surface area (Å²) < 4.78 is 2.80. The van der Waals surface area contributed by atoms with Gasteiger partial charge in [0, 0.05) is 3.57 Å². The average Bonchev–Trinajstić information content (AvgIpc) is 2.84. The molecule has 0 aliphatic rings. The lowest BCUT2D eigenvalue weighted by molar-refractivity contribution is -0.119. The zero-order valence-corrected chi connectivity index (χ0v) is 11.7. The quantitative estimate of drug-likeness (QED) is 0.778. The third-order valence-electron chi connectivity index (χ3n) is 2.27. The molecule has 1 aromatic carbocycles. The Morgan fingerprint density at radius 2 is 2.33 bits per heavy atom. The van der Waals surface area contributed by atoms with E-state index in [2.05, 4.69) is 38.2 Å². The van der Waals surface area contributed by atoms with Crippen LogP contribution in [0.25, 0.3) is 5.69 Å². The molecule has 1 aromatic heterocycles. The molecule has 7 heteroatoms. The summed E-state index contributed by atoms with van der Waals surface area (Å²) in [6.07, 6.45) is 1.78. The molecule has 0 spiro atoms. The lowest BCUT2D eigenvalue weighted by Crippen LogP contribution is -2.29. The molecule has 0 unspecified atom stereocenters. The molecule has 3 N–H and O–H groups in total. The Bertz CT molecular complexity index is 554. The first-order valence-electron chi connectivity index (χ1n) is 5.33. The maximum Gasteiger partial charge on any atom is 0.234 e. The van der Waals surface area contributed by atoms with Crippen LogP contribution in [0.2, 0.25) is 0 Å². The number of aromatic nitrogens is 3. The summed E-state index contributed by atoms with van der Waals surface area (Å²) in [5.41, 5.74) is 6.82. The lowest BCUT2D eigenvalue weighted by atomic mass is 10.3. The van der Waals surface area contributed by atoms with Gasteiger partial charge in [0.15, 0.2) is 0 Å². The number of benzene rings is 1. The first-order valence-corrected chi connectivity index (χ1v) is 6.41. The molecular weight excluding hydrogens is 345 g/mol. The molecular formula is C11H12IN5O. The fraction of sp³-hybridized carbons (Fsp3) is 0.182. The zero-order chi connectivity index (χ0) is 13.0. The summed E-state index contributed by atoms with van der Waals surface area (Å²) in [5, 5.41) is 10.6. The Morgan fingerprint density at radius 3 is 3.06 bits per heavy atom. The van der Waals surface area contributed by atoms with Gasteiger partial charge in [0.25, 0.3) is 0 Å². The highest BCUT2D eigenvalue weighted by Crippen LogP contribution is 2.11. The van der Waals surface area contributed by atoms with Gasteiger partial charge in [-0.05, 0) is 40.8 Å². The van der Waals surface area contributed by atoms with Crippen LogP contribution in [0.5, 0.6) is 0 Å². The SMILES string of the molecule is NCC(=O)NCc1cn(-c2cccc(I)c2)nn1. The minimum atomic E-state index is -0.209. The Kier molecular flexibility index (Phi) is 4.26. The summed E-state index contributed by atoms with van der Waals surface area (Å²) in [4.78, 5) is 11.0. The van der Waals surface area contributed by atoms with Crippen molar-refractivity contribution in [1.82, 2.24) is 20.3 Å². The van der Waals surface area contributed by atoms with E-state index in [4.69, 9.17) is 5.73 Å². The van der Waals surface area contributed by atoms with Gasteiger partial charge in [-0.1, -0.05) is 11.3 Å². The van der Waals surface area contributed by atoms with E-state index in [1.165, 1.54) is 0 Å². The van der Waals surface area contributed by atoms with Gasteiger partial charge < -0.3 is 11.1 Å². The van der Waals surface area contributed by atoms with Crippen molar-refractivity contribution in [3.8, 4) is 5.69 Å². The Balaban J connectivity index is 2.08. The molecule has 0 fully saturated rings. The Hall–Kier alpha value is -1.48. The van der Waals surface area contributed by atoms with Crippen molar-refractivity contribution < 1.29 is 4.79 Å². The Labute approximate surface area is 118 Å². The summed E-state index contributed by atoms with van der Waals surface area (Å²) in [6.45, 7) is 0.310. The molecule has 94 valence electrons. The van der Waals surface area contributed by atoms with Crippen LogP contribution in [-0.2, 0) is 11.3 Å². The van der Waals surface area contributed by atoms with Crippen LogP contribution in [-0.4, -0.2) is 27.4 Å². The summed E-state index contributed by atoms with van der Waals surface area (Å²) in [7, 11) is 0. The molecule has 0 aliphatic heterocycles. The van der Waals surface area contributed by atoms with Crippen molar-refractivity contribution >= 4 is 28.5 Å². The number of rotatable bonds is 4. The highest BCUT2D eigenvalue weighted by molar-refractivity contribution is 14.1. The van der Waals surface area contributed by atoms with Crippen molar-refractivity contribution in [3.05, 3.63) is 39.7 Å². The van der Waals surface area contributed by atoms with Gasteiger partial charge in [-0.2, -0.15) is 0 Å². The smallest absolute Gasteiger partial charge is 0.234 e. The van der Waals surface area contributed by atoms with Gasteiger partial charge >= 0.3 is 0 Å². The van der Waals surface area contributed by atoms with E-state index in [1.54, 1.807) is 10.9 Å². The Morgan fingerprint density at radius 1 is 1.50 bits per heavy atom. The molecule has 0 aliphatic carbocycles. The highest BCUT2D eigenvalue weighted by Gasteiger charge is 2.04. The fourth-order valence-corrected chi connectivity index (χ4v) is 1.91. The van der Waals surface area contributed by atoms with Gasteiger partial charge in [-0.3, -0.25) is 4.79 Å². The molecule has 0 radical (unpaired) electrons. The fourth-order valence-electron chi connectivity index (χ4n) is 1.39. The predicted molar refractivity (Wildman–Crippen MR) is 75.0 cm³/mol. The van der Waals surface area contributed by atoms with Crippen molar-refractivity contribution in [2.75, 3.05) is 6.54 Å². The van der Waals surface area contributed by atoms with Crippen molar-refractivity contribution in [3.63, 3.8) is 0 Å². The number of hydrogen-bond acceptors (Lipinski definition) is 4. The summed E-state index contributed by atoms with van der Waals surface area (Å²) >= 11 is 2.24. The van der Waals surface area contributed by atoms with Crippen LogP contribution in [0.4, 0.5) is 0 Å². The maximum absolute atomic E-state index is 11.0. The zero-order valence-electron chi connectivity index (χ0n) is 9.51. The van der Waals surface area contributed by atoms with Gasteiger partial charge in [-0.15, -0.1) is 5.10 Å². The second-order valence-corrected chi connectivity index (χ2v) is 4.86. The first kappa shape index (κ1) is 13.0. The standard InChI is InChI=1S/C11H12IN5O/c12-8-2-1-3-10(4-8)17-7-9(15-16-17)6-14-11(18)5-13/h1-4,7H,5-6,13H2,(H,14,18). The number of nitrogens with one attached hydrogen (secondary N) is 1. The highest BCUT2D eigenvalue weighted by atomic mass is 127. The number of nitrogens with two attached hydrogens (primary N) is 1. The van der Waals surface area contributed by atoms with E-state index in [1.807, 2.05) is 24.3 Å². The average molecular weight is 357 g/mol. The van der Waals surface area contributed by atoms with Crippen LogP contribution >= 0.6 is 22.6 Å². The van der Waals surface area contributed by atoms with Crippen molar-refractivity contribution in [2.24, 2.45) is 5.73 Å². The van der Waals surface area contributed by atoms with Crippen molar-refractivity contribution in [1.29, 1.82) is 0 Å². The number of hydrogen-bond donors (Lipinski definition) is 2. The maximum atomic E-state index is 11.0. The third kappa shape index (κ3) is 3.26. The number of halogens is 1.